The highest BCUT2D eigenvalue weighted by molar-refractivity contribution is 9.09. The van der Waals surface area contributed by atoms with Gasteiger partial charge in [0.1, 0.15) is 17.7 Å². The zero-order valence-electron chi connectivity index (χ0n) is 9.88. The fraction of sp³-hybridized carbons (Fsp3) is 0.538. The van der Waals surface area contributed by atoms with Crippen LogP contribution in [0.15, 0.2) is 18.2 Å². The number of rotatable bonds is 5. The zero-order valence-corrected chi connectivity index (χ0v) is 11.5. The Hall–Kier alpha value is -0.610. The number of fused-ring (bicyclic) bond motifs is 1. The average molecular weight is 302 g/mol. The highest BCUT2D eigenvalue weighted by Gasteiger charge is 2.23. The molecule has 2 atom stereocenters. The van der Waals surface area contributed by atoms with Crippen molar-refractivity contribution in [2.45, 2.75) is 31.9 Å². The van der Waals surface area contributed by atoms with Crippen LogP contribution in [-0.4, -0.2) is 24.0 Å². The molecular formula is C13H17BrFNO. The fourth-order valence-electron chi connectivity index (χ4n) is 2.00. The lowest BCUT2D eigenvalue weighted by atomic mass is 10.1. The van der Waals surface area contributed by atoms with Gasteiger partial charge in [-0.05, 0) is 31.5 Å². The van der Waals surface area contributed by atoms with Gasteiger partial charge in [0, 0.05) is 29.9 Å². The molecule has 0 saturated heterocycles. The van der Waals surface area contributed by atoms with Crippen molar-refractivity contribution in [2.24, 2.45) is 0 Å². The van der Waals surface area contributed by atoms with Gasteiger partial charge in [-0.1, -0.05) is 15.9 Å². The molecule has 0 radical (unpaired) electrons. The summed E-state index contributed by atoms with van der Waals surface area (Å²) in [6, 6.07) is 5.20. The van der Waals surface area contributed by atoms with Gasteiger partial charge in [-0.2, -0.15) is 0 Å². The van der Waals surface area contributed by atoms with Crippen LogP contribution in [0.4, 0.5) is 4.39 Å². The summed E-state index contributed by atoms with van der Waals surface area (Å²) in [5.74, 6) is 0.639. The Morgan fingerprint density at radius 3 is 3.18 bits per heavy atom. The third kappa shape index (κ3) is 3.42. The number of hydrogen-bond donors (Lipinski definition) is 1. The minimum Gasteiger partial charge on any atom is -0.488 e. The van der Waals surface area contributed by atoms with E-state index in [4.69, 9.17) is 4.74 Å². The van der Waals surface area contributed by atoms with Gasteiger partial charge < -0.3 is 10.1 Å². The van der Waals surface area contributed by atoms with Crippen LogP contribution in [0.5, 0.6) is 5.75 Å². The van der Waals surface area contributed by atoms with Crippen LogP contribution >= 0.6 is 15.9 Å². The first kappa shape index (κ1) is 12.8. The van der Waals surface area contributed by atoms with Crippen LogP contribution in [0.3, 0.4) is 0 Å². The van der Waals surface area contributed by atoms with Gasteiger partial charge in [0.15, 0.2) is 0 Å². The molecule has 1 aliphatic heterocycles. The molecule has 2 rings (SSSR count). The van der Waals surface area contributed by atoms with E-state index in [-0.39, 0.29) is 11.9 Å². The maximum atomic E-state index is 13.0. The van der Waals surface area contributed by atoms with Gasteiger partial charge in [-0.15, -0.1) is 0 Å². The molecule has 1 heterocycles. The SMILES string of the molecule is CC(CCBr)NCC1Cc2cc(F)ccc2O1. The lowest BCUT2D eigenvalue weighted by Gasteiger charge is -2.16. The molecule has 2 unspecified atom stereocenters. The van der Waals surface area contributed by atoms with Crippen LogP contribution in [0.1, 0.15) is 18.9 Å². The van der Waals surface area contributed by atoms with Crippen LogP contribution in [-0.2, 0) is 6.42 Å². The standard InChI is InChI=1S/C13H17BrFNO/c1-9(4-5-14)16-8-12-7-10-6-11(15)2-3-13(10)17-12/h2-3,6,9,12,16H,4-5,7-8H2,1H3. The Bertz CT molecular complexity index is 386. The second kappa shape index (κ2) is 5.83. The predicted octanol–water partition coefficient (Wildman–Crippen LogP) is 2.89. The molecule has 0 bridgehead atoms. The molecule has 1 aromatic rings. The second-order valence-corrected chi connectivity index (χ2v) is 5.28. The van der Waals surface area contributed by atoms with E-state index in [1.165, 1.54) is 6.07 Å². The topological polar surface area (TPSA) is 21.3 Å². The quantitative estimate of drug-likeness (QED) is 0.845. The van der Waals surface area contributed by atoms with E-state index in [9.17, 15) is 4.39 Å². The summed E-state index contributed by atoms with van der Waals surface area (Å²) >= 11 is 3.42. The Kier molecular flexibility index (Phi) is 4.40. The van der Waals surface area contributed by atoms with E-state index < -0.39 is 0 Å². The second-order valence-electron chi connectivity index (χ2n) is 4.48. The van der Waals surface area contributed by atoms with E-state index in [0.29, 0.717) is 6.04 Å². The first-order chi connectivity index (χ1) is 8.19. The van der Waals surface area contributed by atoms with Gasteiger partial charge in [0.05, 0.1) is 0 Å². The van der Waals surface area contributed by atoms with Crippen molar-refractivity contribution in [3.63, 3.8) is 0 Å². The summed E-state index contributed by atoms with van der Waals surface area (Å²) in [6.07, 6.45) is 2.01. The molecular weight excluding hydrogens is 285 g/mol. The molecule has 0 spiro atoms. The molecule has 4 heteroatoms. The van der Waals surface area contributed by atoms with Crippen LogP contribution in [0, 0.1) is 5.82 Å². The van der Waals surface area contributed by atoms with Crippen LogP contribution in [0.25, 0.3) is 0 Å². The minimum absolute atomic E-state index is 0.129. The van der Waals surface area contributed by atoms with Gasteiger partial charge in [-0.25, -0.2) is 4.39 Å². The van der Waals surface area contributed by atoms with E-state index in [2.05, 4.69) is 28.2 Å². The molecule has 0 amide bonds. The summed E-state index contributed by atoms with van der Waals surface area (Å²) in [6.45, 7) is 2.97. The van der Waals surface area contributed by atoms with Crippen LogP contribution < -0.4 is 10.1 Å². The molecule has 1 N–H and O–H groups in total. The Morgan fingerprint density at radius 1 is 1.59 bits per heavy atom. The zero-order chi connectivity index (χ0) is 12.3. The van der Waals surface area contributed by atoms with E-state index >= 15 is 0 Å². The average Bonchev–Trinajstić information content (AvgIpc) is 2.68. The maximum absolute atomic E-state index is 13.0. The summed E-state index contributed by atoms with van der Waals surface area (Å²) in [7, 11) is 0. The number of nitrogens with one attached hydrogen (secondary N) is 1. The van der Waals surface area contributed by atoms with Crippen molar-refractivity contribution in [3.8, 4) is 5.75 Å². The largest absolute Gasteiger partial charge is 0.488 e. The maximum Gasteiger partial charge on any atom is 0.123 e. The van der Waals surface area contributed by atoms with E-state index in [1.54, 1.807) is 12.1 Å². The van der Waals surface area contributed by atoms with Crippen molar-refractivity contribution in [1.82, 2.24) is 5.32 Å². The summed E-state index contributed by atoms with van der Waals surface area (Å²) in [5, 5.41) is 4.42. The number of alkyl halides is 1. The van der Waals surface area contributed by atoms with Gasteiger partial charge >= 0.3 is 0 Å². The number of ether oxygens (including phenoxy) is 1. The third-order valence-corrected chi connectivity index (χ3v) is 3.46. The summed E-state index contributed by atoms with van der Waals surface area (Å²) < 4.78 is 18.8. The van der Waals surface area contributed by atoms with Gasteiger partial charge in [-0.3, -0.25) is 0 Å². The summed E-state index contributed by atoms with van der Waals surface area (Å²) in [4.78, 5) is 0. The normalized spacial score (nSPS) is 19.8. The third-order valence-electron chi connectivity index (χ3n) is 3.00. The first-order valence-electron chi connectivity index (χ1n) is 5.93. The molecule has 0 aromatic heterocycles. The molecule has 1 aromatic carbocycles. The minimum atomic E-state index is -0.186. The smallest absolute Gasteiger partial charge is 0.123 e. The van der Waals surface area contributed by atoms with Crippen LogP contribution in [0.2, 0.25) is 0 Å². The molecule has 0 aliphatic carbocycles. The van der Waals surface area contributed by atoms with Crippen molar-refractivity contribution in [2.75, 3.05) is 11.9 Å². The van der Waals surface area contributed by atoms with Crippen molar-refractivity contribution >= 4 is 15.9 Å². The summed E-state index contributed by atoms with van der Waals surface area (Å²) in [5.41, 5.74) is 0.977. The Balaban J connectivity index is 1.84. The van der Waals surface area contributed by atoms with Crippen molar-refractivity contribution in [1.29, 1.82) is 0 Å². The lowest BCUT2D eigenvalue weighted by Crippen LogP contribution is -2.36. The molecule has 2 nitrogen and oxygen atoms in total. The Labute approximate surface area is 110 Å². The fourth-order valence-corrected chi connectivity index (χ4v) is 2.69. The van der Waals surface area contributed by atoms with E-state index in [0.717, 1.165) is 36.0 Å². The lowest BCUT2D eigenvalue weighted by molar-refractivity contribution is 0.222. The van der Waals surface area contributed by atoms with E-state index in [1.807, 2.05) is 0 Å². The van der Waals surface area contributed by atoms with Gasteiger partial charge in [0.25, 0.3) is 0 Å². The van der Waals surface area contributed by atoms with Crippen molar-refractivity contribution < 1.29 is 9.13 Å². The molecule has 0 fully saturated rings. The highest BCUT2D eigenvalue weighted by atomic mass is 79.9. The predicted molar refractivity (Wildman–Crippen MR) is 70.4 cm³/mol. The van der Waals surface area contributed by atoms with Gasteiger partial charge in [0.2, 0.25) is 0 Å². The number of hydrogen-bond acceptors (Lipinski definition) is 2. The molecule has 17 heavy (non-hydrogen) atoms. The first-order valence-corrected chi connectivity index (χ1v) is 7.05. The molecule has 1 aliphatic rings. The molecule has 0 saturated carbocycles. The highest BCUT2D eigenvalue weighted by Crippen LogP contribution is 2.28. The van der Waals surface area contributed by atoms with Crippen molar-refractivity contribution in [3.05, 3.63) is 29.6 Å². The monoisotopic (exact) mass is 301 g/mol. The Morgan fingerprint density at radius 2 is 2.41 bits per heavy atom. The number of benzene rings is 1. The number of halogens is 2. The molecule has 94 valence electrons.